The highest BCUT2D eigenvalue weighted by molar-refractivity contribution is 6.36. The Morgan fingerprint density at radius 1 is 1.12 bits per heavy atom. The van der Waals surface area contributed by atoms with Crippen molar-refractivity contribution in [3.8, 4) is 11.5 Å². The van der Waals surface area contributed by atoms with E-state index in [1.165, 1.54) is 0 Å². The second-order valence-electron chi connectivity index (χ2n) is 8.91. The summed E-state index contributed by atoms with van der Waals surface area (Å²) in [5.41, 5.74) is 0.817. The number of likely N-dealkylation sites (tertiary alicyclic amines) is 1. The van der Waals surface area contributed by atoms with Crippen molar-refractivity contribution < 1.29 is 19.4 Å². The van der Waals surface area contributed by atoms with E-state index < -0.39 is 5.60 Å². The maximum Gasteiger partial charge on any atom is 0.238 e. The molecule has 0 unspecified atom stereocenters. The molecule has 1 saturated heterocycles. The van der Waals surface area contributed by atoms with Crippen LogP contribution in [-0.2, 0) is 4.79 Å². The number of aliphatic hydroxyl groups is 1. The summed E-state index contributed by atoms with van der Waals surface area (Å²) in [7, 11) is 3.22. The van der Waals surface area contributed by atoms with Crippen LogP contribution in [0.4, 0.5) is 5.69 Å². The van der Waals surface area contributed by atoms with Crippen molar-refractivity contribution in [1.29, 1.82) is 0 Å². The number of fused-ring (bicyclic) bond motifs is 1. The Morgan fingerprint density at radius 2 is 1.91 bits per heavy atom. The molecule has 2 N–H and O–H groups in total. The summed E-state index contributed by atoms with van der Waals surface area (Å²) in [5, 5.41) is 15.3. The van der Waals surface area contributed by atoms with Gasteiger partial charge in [-0.2, -0.15) is 0 Å². The number of ether oxygens (including phenoxy) is 2. The Morgan fingerprint density at radius 3 is 2.64 bits per heavy atom. The number of nitrogens with zero attached hydrogens (tertiary/aromatic N) is 1. The van der Waals surface area contributed by atoms with Crippen LogP contribution in [0.15, 0.2) is 36.4 Å². The van der Waals surface area contributed by atoms with Crippen LogP contribution in [0.1, 0.15) is 43.7 Å². The highest BCUT2D eigenvalue weighted by atomic mass is 35.5. The Hall–Kier alpha value is -1.99. The van der Waals surface area contributed by atoms with E-state index in [0.29, 0.717) is 40.2 Å². The fourth-order valence-electron chi connectivity index (χ4n) is 5.36. The second kappa shape index (κ2) is 10.1. The summed E-state index contributed by atoms with van der Waals surface area (Å²) in [6, 6.07) is 10.7. The molecule has 3 atom stereocenters. The number of rotatable bonds is 6. The third kappa shape index (κ3) is 5.09. The topological polar surface area (TPSA) is 71.0 Å². The van der Waals surface area contributed by atoms with E-state index in [0.717, 1.165) is 31.2 Å². The van der Waals surface area contributed by atoms with Gasteiger partial charge in [-0.3, -0.25) is 9.69 Å². The normalized spacial score (nSPS) is 25.2. The average molecular weight is 493 g/mol. The van der Waals surface area contributed by atoms with Gasteiger partial charge >= 0.3 is 0 Å². The maximum atomic E-state index is 13.0. The van der Waals surface area contributed by atoms with Crippen molar-refractivity contribution in [3.05, 3.63) is 52.0 Å². The number of carbonyl (C=O) groups is 1. The van der Waals surface area contributed by atoms with Crippen LogP contribution in [0, 0.1) is 5.92 Å². The highest BCUT2D eigenvalue weighted by Gasteiger charge is 2.49. The summed E-state index contributed by atoms with van der Waals surface area (Å²) in [6.45, 7) is 0.804. The molecule has 2 fully saturated rings. The first-order chi connectivity index (χ1) is 15.8. The van der Waals surface area contributed by atoms with E-state index >= 15 is 0 Å². The van der Waals surface area contributed by atoms with Gasteiger partial charge in [0.2, 0.25) is 5.91 Å². The molecule has 4 rings (SSSR count). The monoisotopic (exact) mass is 492 g/mol. The van der Waals surface area contributed by atoms with Gasteiger partial charge in [0, 0.05) is 23.5 Å². The maximum absolute atomic E-state index is 13.0. The quantitative estimate of drug-likeness (QED) is 0.570. The van der Waals surface area contributed by atoms with Gasteiger partial charge in [0.15, 0.2) is 11.5 Å². The van der Waals surface area contributed by atoms with Crippen molar-refractivity contribution in [3.63, 3.8) is 0 Å². The fourth-order valence-corrected chi connectivity index (χ4v) is 5.82. The van der Waals surface area contributed by atoms with Crippen molar-refractivity contribution in [2.24, 2.45) is 5.92 Å². The lowest BCUT2D eigenvalue weighted by Gasteiger charge is -2.52. The molecule has 2 aromatic rings. The van der Waals surface area contributed by atoms with Crippen LogP contribution < -0.4 is 14.8 Å². The average Bonchev–Trinajstić information content (AvgIpc) is 2.80. The van der Waals surface area contributed by atoms with Gasteiger partial charge in [-0.25, -0.2) is 0 Å². The van der Waals surface area contributed by atoms with Crippen LogP contribution in [0.3, 0.4) is 0 Å². The number of halogens is 2. The molecule has 0 spiro atoms. The van der Waals surface area contributed by atoms with E-state index in [-0.39, 0.29) is 24.4 Å². The Bertz CT molecular complexity index is 1020. The van der Waals surface area contributed by atoms with Crippen LogP contribution in [0.2, 0.25) is 10.0 Å². The Balaban J connectivity index is 1.62. The van der Waals surface area contributed by atoms with E-state index in [2.05, 4.69) is 10.2 Å². The minimum absolute atomic E-state index is 0.0324. The molecule has 0 aromatic heterocycles. The molecule has 6 nitrogen and oxygen atoms in total. The first-order valence-corrected chi connectivity index (χ1v) is 12.0. The number of methoxy groups -OCH3 is 2. The number of carbonyl (C=O) groups excluding carboxylic acids is 1. The van der Waals surface area contributed by atoms with Gasteiger partial charge in [0.25, 0.3) is 0 Å². The Labute approximate surface area is 204 Å². The third-order valence-electron chi connectivity index (χ3n) is 6.97. The molecule has 2 aromatic carbocycles. The van der Waals surface area contributed by atoms with Crippen molar-refractivity contribution in [2.75, 3.05) is 32.6 Å². The Kier molecular flexibility index (Phi) is 7.39. The number of anilines is 1. The first-order valence-electron chi connectivity index (χ1n) is 11.3. The van der Waals surface area contributed by atoms with Crippen LogP contribution in [0.25, 0.3) is 0 Å². The van der Waals surface area contributed by atoms with Gasteiger partial charge < -0.3 is 19.9 Å². The molecule has 2 aliphatic rings. The number of piperidine rings is 1. The van der Waals surface area contributed by atoms with Crippen molar-refractivity contribution in [1.82, 2.24) is 4.90 Å². The minimum atomic E-state index is -0.720. The molecule has 0 bridgehead atoms. The largest absolute Gasteiger partial charge is 0.493 e. The lowest BCUT2D eigenvalue weighted by Crippen LogP contribution is -2.56. The zero-order valence-electron chi connectivity index (χ0n) is 18.9. The lowest BCUT2D eigenvalue weighted by atomic mass is 9.66. The second-order valence-corrected chi connectivity index (χ2v) is 9.75. The standard InChI is InChI=1S/C25H30Cl2N2O4/c1-32-21-9-6-16(13-22(21)33-2)24-18-5-3-4-10-25(18,31)11-12-29(24)15-23(30)28-20-8-7-17(26)14-19(20)27/h6-9,13-14,18,24,31H,3-5,10-12,15H2,1-2H3,(H,28,30)/t18-,24-,25+/m1/s1. The summed E-state index contributed by atoms with van der Waals surface area (Å²) in [6.07, 6.45) is 4.45. The summed E-state index contributed by atoms with van der Waals surface area (Å²) in [4.78, 5) is 15.2. The molecule has 1 aliphatic carbocycles. The molecule has 178 valence electrons. The molecule has 8 heteroatoms. The molecular weight excluding hydrogens is 463 g/mol. The molecule has 1 heterocycles. The van der Waals surface area contributed by atoms with Gasteiger partial charge in [-0.15, -0.1) is 0 Å². The van der Waals surface area contributed by atoms with Crippen LogP contribution in [-0.4, -0.2) is 48.8 Å². The van der Waals surface area contributed by atoms with Gasteiger partial charge in [-0.05, 0) is 55.2 Å². The van der Waals surface area contributed by atoms with E-state index in [9.17, 15) is 9.90 Å². The van der Waals surface area contributed by atoms with Crippen molar-refractivity contribution >= 4 is 34.8 Å². The summed E-state index contributed by atoms with van der Waals surface area (Å²) in [5.74, 6) is 1.16. The first kappa shape index (κ1) is 24.1. The van der Waals surface area contributed by atoms with Gasteiger partial charge in [0.05, 0.1) is 37.1 Å². The van der Waals surface area contributed by atoms with Gasteiger partial charge in [-0.1, -0.05) is 42.1 Å². The van der Waals surface area contributed by atoms with E-state index in [1.807, 2.05) is 18.2 Å². The SMILES string of the molecule is COc1ccc([C@@H]2[C@H]3CCCC[C@]3(O)CCN2CC(=O)Nc2ccc(Cl)cc2Cl)cc1OC. The zero-order chi connectivity index (χ0) is 23.6. The third-order valence-corrected chi connectivity index (χ3v) is 7.52. The van der Waals surface area contributed by atoms with E-state index in [1.54, 1.807) is 32.4 Å². The number of nitrogens with one attached hydrogen (secondary N) is 1. The number of hydrogen-bond donors (Lipinski definition) is 2. The predicted molar refractivity (Wildman–Crippen MR) is 130 cm³/mol. The summed E-state index contributed by atoms with van der Waals surface area (Å²) < 4.78 is 10.9. The number of benzene rings is 2. The molecular formula is C25H30Cl2N2O4. The lowest BCUT2D eigenvalue weighted by molar-refractivity contribution is -0.135. The minimum Gasteiger partial charge on any atom is -0.493 e. The molecule has 1 amide bonds. The molecule has 33 heavy (non-hydrogen) atoms. The van der Waals surface area contributed by atoms with Crippen molar-refractivity contribution in [2.45, 2.75) is 43.7 Å². The smallest absolute Gasteiger partial charge is 0.238 e. The summed E-state index contributed by atoms with van der Waals surface area (Å²) >= 11 is 12.2. The van der Waals surface area contributed by atoms with Crippen LogP contribution in [0.5, 0.6) is 11.5 Å². The molecule has 0 radical (unpaired) electrons. The molecule has 1 saturated carbocycles. The van der Waals surface area contributed by atoms with E-state index in [4.69, 9.17) is 32.7 Å². The molecule has 1 aliphatic heterocycles. The fraction of sp³-hybridized carbons (Fsp3) is 0.480. The predicted octanol–water partition coefficient (Wildman–Crippen LogP) is 5.32. The van der Waals surface area contributed by atoms with Gasteiger partial charge in [0.1, 0.15) is 0 Å². The number of amides is 1. The number of hydrogen-bond acceptors (Lipinski definition) is 5. The zero-order valence-corrected chi connectivity index (χ0v) is 20.5. The van der Waals surface area contributed by atoms with Crippen LogP contribution >= 0.6 is 23.2 Å². The highest BCUT2D eigenvalue weighted by Crippen LogP contribution is 2.50.